The van der Waals surface area contributed by atoms with Crippen LogP contribution in [0.5, 0.6) is 11.5 Å². The van der Waals surface area contributed by atoms with E-state index in [-0.39, 0.29) is 5.91 Å². The van der Waals surface area contributed by atoms with Crippen LogP contribution in [-0.4, -0.2) is 29.2 Å². The molecule has 6 nitrogen and oxygen atoms in total. The fourth-order valence-corrected chi connectivity index (χ4v) is 5.03. The second kappa shape index (κ2) is 14.2. The molecule has 0 atom stereocenters. The maximum Gasteiger partial charge on any atom is 0.224 e. The Balaban J connectivity index is 1.15. The van der Waals surface area contributed by atoms with Crippen molar-refractivity contribution in [3.63, 3.8) is 0 Å². The zero-order valence-electron chi connectivity index (χ0n) is 24.3. The predicted molar refractivity (Wildman–Crippen MR) is 170 cm³/mol. The van der Waals surface area contributed by atoms with Crippen LogP contribution in [0.25, 0.3) is 28.2 Å². The minimum atomic E-state index is -0.0242. The number of unbranched alkanes of at least 4 members (excludes halogenated alkanes) is 1. The molecule has 1 N–H and O–H groups in total. The quantitative estimate of drug-likeness (QED) is 0.152. The van der Waals surface area contributed by atoms with Crippen LogP contribution >= 0.6 is 0 Å². The van der Waals surface area contributed by atoms with E-state index in [0.717, 1.165) is 70.0 Å². The van der Waals surface area contributed by atoms with Crippen molar-refractivity contribution < 1.29 is 14.3 Å². The molecule has 0 fully saturated rings. The van der Waals surface area contributed by atoms with E-state index < -0.39 is 0 Å². The fourth-order valence-electron chi connectivity index (χ4n) is 5.03. The second-order valence-corrected chi connectivity index (χ2v) is 10.2. The third-order valence-electron chi connectivity index (χ3n) is 7.18. The lowest BCUT2D eigenvalue weighted by molar-refractivity contribution is -0.120. The Hall–Kier alpha value is -4.84. The lowest BCUT2D eigenvalue weighted by atomic mass is 10.0. The topological polar surface area (TPSA) is 65.4 Å². The number of methoxy groups -OCH3 is 1. The SMILES string of the molecule is C/C=C/c1ccc(OCCCCn2c(CNC(=O)Cc3ccc(-c4ccccc4)cc3)nc3ccccc32)c(OC)c1. The standard InChI is InChI=1S/C36H37N3O3/c1-3-11-27-18-21-33(34(24-27)41-2)42-23-10-9-22-39-32-15-8-7-14-31(32)38-35(39)26-37-36(40)25-28-16-19-30(20-17-28)29-12-5-4-6-13-29/h3-8,11-21,24H,9-10,22-23,25-26H2,1-2H3,(H,37,40)/b11-3+. The summed E-state index contributed by atoms with van der Waals surface area (Å²) in [5.74, 6) is 2.31. The summed E-state index contributed by atoms with van der Waals surface area (Å²) >= 11 is 0. The van der Waals surface area contributed by atoms with Gasteiger partial charge in [0.25, 0.3) is 0 Å². The number of imidazole rings is 1. The molecule has 6 heteroatoms. The first-order chi connectivity index (χ1) is 20.6. The van der Waals surface area contributed by atoms with Gasteiger partial charge in [-0.2, -0.15) is 0 Å². The number of nitrogens with one attached hydrogen (secondary N) is 1. The molecule has 1 heterocycles. The van der Waals surface area contributed by atoms with Crippen molar-refractivity contribution in [2.45, 2.75) is 39.3 Å². The molecule has 0 unspecified atom stereocenters. The van der Waals surface area contributed by atoms with E-state index in [4.69, 9.17) is 14.5 Å². The molecule has 42 heavy (non-hydrogen) atoms. The lowest BCUT2D eigenvalue weighted by Gasteiger charge is -2.13. The molecule has 0 radical (unpaired) electrons. The van der Waals surface area contributed by atoms with Crippen molar-refractivity contribution in [2.24, 2.45) is 0 Å². The number of hydrogen-bond acceptors (Lipinski definition) is 4. The number of ether oxygens (including phenoxy) is 2. The number of aromatic nitrogens is 2. The molecule has 214 valence electrons. The summed E-state index contributed by atoms with van der Waals surface area (Å²) in [6, 6.07) is 32.5. The van der Waals surface area contributed by atoms with Crippen LogP contribution in [0.15, 0.2) is 103 Å². The Morgan fingerprint density at radius 3 is 2.43 bits per heavy atom. The van der Waals surface area contributed by atoms with Gasteiger partial charge in [-0.05, 0) is 66.3 Å². The number of benzene rings is 4. The molecule has 4 aromatic carbocycles. The largest absolute Gasteiger partial charge is 0.493 e. The Morgan fingerprint density at radius 2 is 1.64 bits per heavy atom. The monoisotopic (exact) mass is 559 g/mol. The normalized spacial score (nSPS) is 11.2. The molecule has 5 rings (SSSR count). The number of carbonyl (C=O) groups is 1. The van der Waals surface area contributed by atoms with Gasteiger partial charge in [0.1, 0.15) is 5.82 Å². The van der Waals surface area contributed by atoms with E-state index in [9.17, 15) is 4.79 Å². The molecule has 0 aliphatic carbocycles. The molecular formula is C36H37N3O3. The Morgan fingerprint density at radius 1 is 0.881 bits per heavy atom. The number of fused-ring (bicyclic) bond motifs is 1. The number of aryl methyl sites for hydroxylation is 1. The molecule has 0 saturated carbocycles. The summed E-state index contributed by atoms with van der Waals surface area (Å²) in [6.45, 7) is 3.74. The van der Waals surface area contributed by atoms with Gasteiger partial charge in [0.2, 0.25) is 5.91 Å². The van der Waals surface area contributed by atoms with Crippen LogP contribution in [0.3, 0.4) is 0 Å². The van der Waals surface area contributed by atoms with Gasteiger partial charge < -0.3 is 19.4 Å². The first-order valence-corrected chi connectivity index (χ1v) is 14.4. The molecule has 1 amide bonds. The number of para-hydroxylation sites is 2. The van der Waals surface area contributed by atoms with Crippen molar-refractivity contribution in [3.05, 3.63) is 120 Å². The van der Waals surface area contributed by atoms with E-state index in [0.29, 0.717) is 19.6 Å². The Bertz CT molecular complexity index is 1640. The summed E-state index contributed by atoms with van der Waals surface area (Å²) in [5.41, 5.74) is 6.36. The third-order valence-corrected chi connectivity index (χ3v) is 7.18. The number of nitrogens with zero attached hydrogens (tertiary/aromatic N) is 2. The first-order valence-electron chi connectivity index (χ1n) is 14.4. The smallest absolute Gasteiger partial charge is 0.224 e. The van der Waals surface area contributed by atoms with E-state index >= 15 is 0 Å². The summed E-state index contributed by atoms with van der Waals surface area (Å²) in [5, 5.41) is 3.08. The van der Waals surface area contributed by atoms with E-state index in [2.05, 4.69) is 40.2 Å². The number of rotatable bonds is 13. The average Bonchev–Trinajstić information content (AvgIpc) is 3.38. The Kier molecular flexibility index (Phi) is 9.68. The van der Waals surface area contributed by atoms with Crippen molar-refractivity contribution >= 4 is 23.0 Å². The van der Waals surface area contributed by atoms with E-state index in [1.165, 1.54) is 0 Å². The van der Waals surface area contributed by atoms with Gasteiger partial charge in [-0.1, -0.05) is 84.9 Å². The van der Waals surface area contributed by atoms with Crippen LogP contribution in [0, 0.1) is 0 Å². The highest BCUT2D eigenvalue weighted by molar-refractivity contribution is 5.79. The van der Waals surface area contributed by atoms with Crippen molar-refractivity contribution in [1.82, 2.24) is 14.9 Å². The summed E-state index contributed by atoms with van der Waals surface area (Å²) in [6.07, 6.45) is 6.14. The van der Waals surface area contributed by atoms with Gasteiger partial charge >= 0.3 is 0 Å². The van der Waals surface area contributed by atoms with Crippen molar-refractivity contribution in [2.75, 3.05) is 13.7 Å². The molecule has 5 aromatic rings. The summed E-state index contributed by atoms with van der Waals surface area (Å²) in [4.78, 5) is 17.7. The zero-order valence-corrected chi connectivity index (χ0v) is 24.3. The van der Waals surface area contributed by atoms with Crippen LogP contribution < -0.4 is 14.8 Å². The molecular weight excluding hydrogens is 522 g/mol. The van der Waals surface area contributed by atoms with Gasteiger partial charge in [0.05, 0.1) is 37.7 Å². The molecule has 0 bridgehead atoms. The maximum absolute atomic E-state index is 12.8. The van der Waals surface area contributed by atoms with Gasteiger partial charge in [0.15, 0.2) is 11.5 Å². The van der Waals surface area contributed by atoms with Crippen LogP contribution in [-0.2, 0) is 24.3 Å². The number of hydrogen-bond donors (Lipinski definition) is 1. The average molecular weight is 560 g/mol. The number of allylic oxidation sites excluding steroid dienone is 1. The highest BCUT2D eigenvalue weighted by atomic mass is 16.5. The second-order valence-electron chi connectivity index (χ2n) is 10.2. The number of carbonyl (C=O) groups excluding carboxylic acids is 1. The highest BCUT2D eigenvalue weighted by Gasteiger charge is 2.12. The zero-order chi connectivity index (χ0) is 29.1. The van der Waals surface area contributed by atoms with Crippen LogP contribution in [0.2, 0.25) is 0 Å². The van der Waals surface area contributed by atoms with Gasteiger partial charge in [-0.25, -0.2) is 4.98 Å². The molecule has 0 aliphatic heterocycles. The van der Waals surface area contributed by atoms with Crippen LogP contribution in [0.1, 0.15) is 36.7 Å². The Labute approximate surface area is 247 Å². The predicted octanol–water partition coefficient (Wildman–Crippen LogP) is 7.46. The van der Waals surface area contributed by atoms with Gasteiger partial charge in [-0.15, -0.1) is 0 Å². The number of amides is 1. The van der Waals surface area contributed by atoms with Crippen molar-refractivity contribution in [1.29, 1.82) is 0 Å². The van der Waals surface area contributed by atoms with Crippen molar-refractivity contribution in [3.8, 4) is 22.6 Å². The van der Waals surface area contributed by atoms with E-state index in [1.54, 1.807) is 7.11 Å². The van der Waals surface area contributed by atoms with Gasteiger partial charge in [-0.3, -0.25) is 4.79 Å². The summed E-state index contributed by atoms with van der Waals surface area (Å²) in [7, 11) is 1.66. The lowest BCUT2D eigenvalue weighted by Crippen LogP contribution is -2.26. The van der Waals surface area contributed by atoms with E-state index in [1.807, 2.05) is 85.8 Å². The molecule has 0 spiro atoms. The molecule has 0 aliphatic rings. The maximum atomic E-state index is 12.8. The third kappa shape index (κ3) is 7.26. The minimum absolute atomic E-state index is 0.0242. The fraction of sp³-hybridized carbons (Fsp3) is 0.222. The van der Waals surface area contributed by atoms with Crippen LogP contribution in [0.4, 0.5) is 0 Å². The minimum Gasteiger partial charge on any atom is -0.493 e. The van der Waals surface area contributed by atoms with Gasteiger partial charge in [0, 0.05) is 6.54 Å². The molecule has 0 saturated heterocycles. The summed E-state index contributed by atoms with van der Waals surface area (Å²) < 4.78 is 13.8. The first kappa shape index (κ1) is 28.7. The highest BCUT2D eigenvalue weighted by Crippen LogP contribution is 2.29. The molecule has 1 aromatic heterocycles.